The Morgan fingerprint density at radius 1 is 1.26 bits per heavy atom. The third-order valence-corrected chi connectivity index (χ3v) is 5.38. The van der Waals surface area contributed by atoms with E-state index in [-0.39, 0.29) is 5.54 Å². The molecule has 1 aliphatic heterocycles. The van der Waals surface area contributed by atoms with E-state index in [4.69, 9.17) is 5.73 Å². The number of piperazine rings is 1. The zero-order chi connectivity index (χ0) is 14.5. The van der Waals surface area contributed by atoms with Crippen molar-refractivity contribution in [3.05, 3.63) is 0 Å². The Kier molecular flexibility index (Phi) is 6.78. The molecule has 1 saturated heterocycles. The fraction of sp³-hybridized carbons (Fsp3) is 1.00. The second-order valence-electron chi connectivity index (χ2n) is 6.49. The van der Waals surface area contributed by atoms with Crippen molar-refractivity contribution >= 4 is 0 Å². The molecule has 0 spiro atoms. The maximum Gasteiger partial charge on any atom is 0.0332 e. The summed E-state index contributed by atoms with van der Waals surface area (Å²) in [5.74, 6) is 0.767. The maximum absolute atomic E-state index is 6.22. The zero-order valence-electron chi connectivity index (χ0n) is 13.8. The Balaban J connectivity index is 2.80. The third-order valence-electron chi connectivity index (χ3n) is 5.38. The molecule has 3 atom stereocenters. The molecule has 2 N–H and O–H groups in total. The lowest BCUT2D eigenvalue weighted by atomic mass is 9.82. The molecule has 0 radical (unpaired) electrons. The first-order chi connectivity index (χ1) is 9.02. The SMILES string of the molecule is CCC(C)CC(CC)(CN)N1CCN(C)C(CC)C1. The van der Waals surface area contributed by atoms with Crippen LogP contribution in [0.1, 0.15) is 53.4 Å². The highest BCUT2D eigenvalue weighted by Crippen LogP contribution is 2.30. The van der Waals surface area contributed by atoms with Crippen LogP contribution in [0.15, 0.2) is 0 Å². The highest BCUT2D eigenvalue weighted by Gasteiger charge is 2.38. The molecule has 3 heteroatoms. The van der Waals surface area contributed by atoms with Crippen molar-refractivity contribution in [2.24, 2.45) is 11.7 Å². The summed E-state index contributed by atoms with van der Waals surface area (Å²) in [6, 6.07) is 0.697. The van der Waals surface area contributed by atoms with E-state index in [1.165, 1.54) is 45.3 Å². The van der Waals surface area contributed by atoms with Crippen LogP contribution in [0.5, 0.6) is 0 Å². The number of rotatable bonds is 7. The van der Waals surface area contributed by atoms with Gasteiger partial charge >= 0.3 is 0 Å². The van der Waals surface area contributed by atoms with Gasteiger partial charge in [0.15, 0.2) is 0 Å². The van der Waals surface area contributed by atoms with Crippen molar-refractivity contribution in [1.29, 1.82) is 0 Å². The predicted molar refractivity (Wildman–Crippen MR) is 84.4 cm³/mol. The standard InChI is InChI=1S/C16H35N3/c1-6-14(4)11-16(8-3,13-17)19-10-9-18(5)15(7-2)12-19/h14-15H,6-13,17H2,1-5H3. The van der Waals surface area contributed by atoms with Gasteiger partial charge in [0.1, 0.15) is 0 Å². The fourth-order valence-electron chi connectivity index (χ4n) is 3.46. The number of likely N-dealkylation sites (N-methyl/N-ethyl adjacent to an activating group) is 1. The Hall–Kier alpha value is -0.120. The smallest absolute Gasteiger partial charge is 0.0332 e. The minimum atomic E-state index is 0.226. The van der Waals surface area contributed by atoms with Crippen LogP contribution >= 0.6 is 0 Å². The number of hydrogen-bond donors (Lipinski definition) is 1. The Labute approximate surface area is 120 Å². The van der Waals surface area contributed by atoms with Crippen molar-refractivity contribution in [1.82, 2.24) is 9.80 Å². The second kappa shape index (κ2) is 7.61. The molecular weight excluding hydrogens is 234 g/mol. The van der Waals surface area contributed by atoms with Crippen LogP contribution < -0.4 is 5.73 Å². The van der Waals surface area contributed by atoms with E-state index in [1.54, 1.807) is 0 Å². The predicted octanol–water partition coefficient (Wildman–Crippen LogP) is 2.56. The molecular formula is C16H35N3. The lowest BCUT2D eigenvalue weighted by Gasteiger charge is -2.50. The van der Waals surface area contributed by atoms with Crippen LogP contribution in [0.3, 0.4) is 0 Å². The van der Waals surface area contributed by atoms with E-state index in [2.05, 4.69) is 44.5 Å². The number of hydrogen-bond acceptors (Lipinski definition) is 3. The van der Waals surface area contributed by atoms with Gasteiger partial charge in [0, 0.05) is 37.8 Å². The van der Waals surface area contributed by atoms with Crippen LogP contribution in [0, 0.1) is 5.92 Å². The summed E-state index contributed by atoms with van der Waals surface area (Å²) in [4.78, 5) is 5.21. The molecule has 1 fully saturated rings. The third kappa shape index (κ3) is 3.93. The van der Waals surface area contributed by atoms with Crippen LogP contribution in [0.25, 0.3) is 0 Å². The van der Waals surface area contributed by atoms with Crippen molar-refractivity contribution in [3.8, 4) is 0 Å². The van der Waals surface area contributed by atoms with Gasteiger partial charge in [0.05, 0.1) is 0 Å². The van der Waals surface area contributed by atoms with Crippen molar-refractivity contribution in [2.75, 3.05) is 33.2 Å². The fourth-order valence-corrected chi connectivity index (χ4v) is 3.46. The normalized spacial score (nSPS) is 27.2. The lowest BCUT2D eigenvalue weighted by Crippen LogP contribution is -2.62. The lowest BCUT2D eigenvalue weighted by molar-refractivity contribution is -0.00234. The quantitative estimate of drug-likeness (QED) is 0.771. The van der Waals surface area contributed by atoms with Gasteiger partial charge in [0.2, 0.25) is 0 Å². The van der Waals surface area contributed by atoms with Gasteiger partial charge in [0.25, 0.3) is 0 Å². The summed E-state index contributed by atoms with van der Waals surface area (Å²) >= 11 is 0. The molecule has 114 valence electrons. The average molecular weight is 269 g/mol. The summed E-state index contributed by atoms with van der Waals surface area (Å²) in [7, 11) is 2.26. The van der Waals surface area contributed by atoms with Crippen LogP contribution in [-0.4, -0.2) is 54.6 Å². The average Bonchev–Trinajstić information content (AvgIpc) is 2.45. The van der Waals surface area contributed by atoms with Crippen LogP contribution in [0.2, 0.25) is 0 Å². The van der Waals surface area contributed by atoms with E-state index in [0.717, 1.165) is 12.5 Å². The Bertz CT molecular complexity index is 250. The highest BCUT2D eigenvalue weighted by atomic mass is 15.3. The van der Waals surface area contributed by atoms with E-state index in [1.807, 2.05) is 0 Å². The minimum absolute atomic E-state index is 0.226. The highest BCUT2D eigenvalue weighted by molar-refractivity contribution is 4.96. The first-order valence-corrected chi connectivity index (χ1v) is 8.18. The van der Waals surface area contributed by atoms with Crippen molar-refractivity contribution in [3.63, 3.8) is 0 Å². The van der Waals surface area contributed by atoms with Crippen molar-refractivity contribution in [2.45, 2.75) is 65.0 Å². The molecule has 3 nitrogen and oxygen atoms in total. The van der Waals surface area contributed by atoms with Gasteiger partial charge in [-0.25, -0.2) is 0 Å². The molecule has 0 saturated carbocycles. The summed E-state index contributed by atoms with van der Waals surface area (Å²) in [6.07, 6.45) is 4.91. The van der Waals surface area contributed by atoms with E-state index >= 15 is 0 Å². The summed E-state index contributed by atoms with van der Waals surface area (Å²) in [5, 5.41) is 0. The van der Waals surface area contributed by atoms with Gasteiger partial charge in [-0.05, 0) is 32.2 Å². The van der Waals surface area contributed by atoms with Gasteiger partial charge in [-0.3, -0.25) is 4.90 Å². The van der Waals surface area contributed by atoms with E-state index in [0.29, 0.717) is 6.04 Å². The Morgan fingerprint density at radius 2 is 1.95 bits per heavy atom. The molecule has 0 aliphatic carbocycles. The monoisotopic (exact) mass is 269 g/mol. The van der Waals surface area contributed by atoms with E-state index < -0.39 is 0 Å². The van der Waals surface area contributed by atoms with E-state index in [9.17, 15) is 0 Å². The molecule has 0 aromatic carbocycles. The molecule has 0 aromatic heterocycles. The largest absolute Gasteiger partial charge is 0.329 e. The first-order valence-electron chi connectivity index (χ1n) is 8.18. The number of nitrogens with two attached hydrogens (primary N) is 1. The van der Waals surface area contributed by atoms with Gasteiger partial charge in [-0.1, -0.05) is 34.1 Å². The number of nitrogens with zero attached hydrogens (tertiary/aromatic N) is 2. The summed E-state index contributed by atoms with van der Waals surface area (Å²) in [6.45, 7) is 13.6. The van der Waals surface area contributed by atoms with Crippen LogP contribution in [-0.2, 0) is 0 Å². The van der Waals surface area contributed by atoms with Gasteiger partial charge < -0.3 is 10.6 Å². The molecule has 0 amide bonds. The molecule has 0 bridgehead atoms. The minimum Gasteiger partial charge on any atom is -0.329 e. The van der Waals surface area contributed by atoms with Gasteiger partial charge in [-0.2, -0.15) is 0 Å². The second-order valence-corrected chi connectivity index (χ2v) is 6.49. The molecule has 1 aliphatic rings. The maximum atomic E-state index is 6.22. The van der Waals surface area contributed by atoms with Crippen LogP contribution in [0.4, 0.5) is 0 Å². The molecule has 1 rings (SSSR count). The molecule has 1 heterocycles. The first kappa shape index (κ1) is 16.9. The van der Waals surface area contributed by atoms with Gasteiger partial charge in [-0.15, -0.1) is 0 Å². The molecule has 0 aromatic rings. The Morgan fingerprint density at radius 3 is 2.42 bits per heavy atom. The topological polar surface area (TPSA) is 32.5 Å². The summed E-state index contributed by atoms with van der Waals surface area (Å²) in [5.41, 5.74) is 6.44. The van der Waals surface area contributed by atoms with Crippen molar-refractivity contribution < 1.29 is 0 Å². The zero-order valence-corrected chi connectivity index (χ0v) is 13.8. The summed E-state index contributed by atoms with van der Waals surface area (Å²) < 4.78 is 0. The molecule has 3 unspecified atom stereocenters. The molecule has 19 heavy (non-hydrogen) atoms.